The van der Waals surface area contributed by atoms with E-state index in [0.29, 0.717) is 4.73 Å². The first-order valence-corrected chi connectivity index (χ1v) is 5.79. The minimum absolute atomic E-state index is 0.664. The van der Waals surface area contributed by atoms with Gasteiger partial charge < -0.3 is 0 Å². The molecule has 0 amide bonds. The maximum Gasteiger partial charge on any atom is 0.209 e. The molecular formula is C10H9BrN2S. The maximum atomic E-state index is 4.29. The van der Waals surface area contributed by atoms with E-state index in [4.69, 9.17) is 0 Å². The van der Waals surface area contributed by atoms with E-state index < -0.39 is 0 Å². The van der Waals surface area contributed by atoms with Gasteiger partial charge >= 0.3 is 0 Å². The fourth-order valence-electron chi connectivity index (χ4n) is 1.42. The lowest BCUT2D eigenvalue weighted by molar-refractivity contribution is 1.25. The highest BCUT2D eigenvalue weighted by atomic mass is 79.9. The number of aryl methyl sites for hydroxylation is 2. The Bertz CT molecular complexity index is 445. The molecule has 0 aliphatic rings. The molecule has 14 heavy (non-hydrogen) atoms. The van der Waals surface area contributed by atoms with E-state index in [9.17, 15) is 0 Å². The van der Waals surface area contributed by atoms with Crippen LogP contribution in [0.1, 0.15) is 11.1 Å². The van der Waals surface area contributed by atoms with E-state index in [1.165, 1.54) is 22.7 Å². The number of hydrogen-bond donors (Lipinski definition) is 0. The van der Waals surface area contributed by atoms with Gasteiger partial charge in [0, 0.05) is 5.56 Å². The SMILES string of the molecule is Cc1cc(C)cc(-c2nc(Br)ns2)c1. The fraction of sp³-hybridized carbons (Fsp3) is 0.200. The summed E-state index contributed by atoms with van der Waals surface area (Å²) in [4.78, 5) is 4.29. The summed E-state index contributed by atoms with van der Waals surface area (Å²) in [7, 11) is 0. The second kappa shape index (κ2) is 3.79. The lowest BCUT2D eigenvalue weighted by Crippen LogP contribution is -1.81. The Morgan fingerprint density at radius 1 is 1.14 bits per heavy atom. The third-order valence-corrected chi connectivity index (χ3v) is 3.22. The molecule has 0 saturated heterocycles. The fourth-order valence-corrected chi connectivity index (χ4v) is 2.49. The summed E-state index contributed by atoms with van der Waals surface area (Å²) in [5.41, 5.74) is 3.66. The van der Waals surface area contributed by atoms with Gasteiger partial charge in [-0.2, -0.15) is 4.37 Å². The number of nitrogens with zero attached hydrogens (tertiary/aromatic N) is 2. The van der Waals surface area contributed by atoms with E-state index in [2.05, 4.69) is 57.3 Å². The molecule has 0 fully saturated rings. The molecule has 0 unspecified atom stereocenters. The van der Waals surface area contributed by atoms with Crippen molar-refractivity contribution < 1.29 is 0 Å². The van der Waals surface area contributed by atoms with Gasteiger partial charge in [-0.3, -0.25) is 0 Å². The van der Waals surface area contributed by atoms with Crippen molar-refractivity contribution in [2.24, 2.45) is 0 Å². The Hall–Kier alpha value is -0.740. The largest absolute Gasteiger partial charge is 0.209 e. The first kappa shape index (κ1) is 9.80. The van der Waals surface area contributed by atoms with Gasteiger partial charge in [0.05, 0.1) is 0 Å². The predicted octanol–water partition coefficient (Wildman–Crippen LogP) is 3.58. The second-order valence-electron chi connectivity index (χ2n) is 3.24. The van der Waals surface area contributed by atoms with E-state index in [1.54, 1.807) is 0 Å². The molecule has 1 heterocycles. The molecule has 0 spiro atoms. The molecule has 1 aromatic carbocycles. The third kappa shape index (κ3) is 2.01. The van der Waals surface area contributed by atoms with Crippen molar-refractivity contribution in [3.05, 3.63) is 34.1 Å². The summed E-state index contributed by atoms with van der Waals surface area (Å²) in [6.07, 6.45) is 0. The van der Waals surface area contributed by atoms with Crippen LogP contribution in [0, 0.1) is 13.8 Å². The highest BCUT2D eigenvalue weighted by molar-refractivity contribution is 9.10. The van der Waals surface area contributed by atoms with E-state index in [-0.39, 0.29) is 0 Å². The zero-order valence-electron chi connectivity index (χ0n) is 7.91. The van der Waals surface area contributed by atoms with Crippen LogP contribution in [0.5, 0.6) is 0 Å². The van der Waals surface area contributed by atoms with Gasteiger partial charge in [-0.15, -0.1) is 0 Å². The first-order chi connectivity index (χ1) is 6.65. The van der Waals surface area contributed by atoms with Gasteiger partial charge in [0.2, 0.25) is 4.73 Å². The highest BCUT2D eigenvalue weighted by Crippen LogP contribution is 2.25. The Morgan fingerprint density at radius 2 is 1.79 bits per heavy atom. The summed E-state index contributed by atoms with van der Waals surface area (Å²) in [6.45, 7) is 4.18. The number of benzene rings is 1. The quantitative estimate of drug-likeness (QED) is 0.790. The summed E-state index contributed by atoms with van der Waals surface area (Å²) in [5, 5.41) is 0.962. The van der Waals surface area contributed by atoms with Crippen LogP contribution in [0.3, 0.4) is 0 Å². The molecule has 0 aliphatic carbocycles. The Balaban J connectivity index is 2.51. The molecule has 72 valence electrons. The van der Waals surface area contributed by atoms with Crippen LogP contribution in [-0.4, -0.2) is 9.36 Å². The van der Waals surface area contributed by atoms with Crippen LogP contribution >= 0.6 is 27.5 Å². The molecule has 1 aromatic heterocycles. The molecule has 0 atom stereocenters. The van der Waals surface area contributed by atoms with Crippen molar-refractivity contribution >= 4 is 27.5 Å². The van der Waals surface area contributed by atoms with Crippen LogP contribution in [-0.2, 0) is 0 Å². The lowest BCUT2D eigenvalue weighted by atomic mass is 10.1. The highest BCUT2D eigenvalue weighted by Gasteiger charge is 2.05. The van der Waals surface area contributed by atoms with Crippen molar-refractivity contribution in [3.8, 4) is 10.6 Å². The van der Waals surface area contributed by atoms with Gasteiger partial charge in [-0.05, 0) is 53.4 Å². The summed E-state index contributed by atoms with van der Waals surface area (Å²) >= 11 is 4.67. The minimum Gasteiger partial charge on any atom is -0.209 e. The molecule has 0 bridgehead atoms. The maximum absolute atomic E-state index is 4.29. The molecular weight excluding hydrogens is 260 g/mol. The van der Waals surface area contributed by atoms with Crippen molar-refractivity contribution in [2.75, 3.05) is 0 Å². The van der Waals surface area contributed by atoms with Crippen LogP contribution < -0.4 is 0 Å². The lowest BCUT2D eigenvalue weighted by Gasteiger charge is -2.00. The average molecular weight is 269 g/mol. The first-order valence-electron chi connectivity index (χ1n) is 4.23. The van der Waals surface area contributed by atoms with Gasteiger partial charge in [-0.1, -0.05) is 17.2 Å². The Labute approximate surface area is 95.3 Å². The van der Waals surface area contributed by atoms with Crippen molar-refractivity contribution in [1.29, 1.82) is 0 Å². The predicted molar refractivity (Wildman–Crippen MR) is 62.5 cm³/mol. The van der Waals surface area contributed by atoms with E-state index >= 15 is 0 Å². The van der Waals surface area contributed by atoms with Crippen LogP contribution in [0.25, 0.3) is 10.6 Å². The molecule has 2 rings (SSSR count). The number of halogens is 1. The second-order valence-corrected chi connectivity index (χ2v) is 4.71. The van der Waals surface area contributed by atoms with Crippen LogP contribution in [0.2, 0.25) is 0 Å². The van der Waals surface area contributed by atoms with Crippen molar-refractivity contribution in [1.82, 2.24) is 9.36 Å². The van der Waals surface area contributed by atoms with E-state index in [0.717, 1.165) is 10.6 Å². The van der Waals surface area contributed by atoms with Crippen LogP contribution in [0.15, 0.2) is 22.9 Å². The molecule has 2 aromatic rings. The van der Waals surface area contributed by atoms with Gasteiger partial charge in [0.15, 0.2) is 0 Å². The molecule has 0 aliphatic heterocycles. The van der Waals surface area contributed by atoms with Gasteiger partial charge in [-0.25, -0.2) is 4.98 Å². The zero-order valence-corrected chi connectivity index (χ0v) is 10.3. The van der Waals surface area contributed by atoms with Crippen molar-refractivity contribution in [3.63, 3.8) is 0 Å². The third-order valence-electron chi connectivity index (χ3n) is 1.87. The monoisotopic (exact) mass is 268 g/mol. The number of hydrogen-bond acceptors (Lipinski definition) is 3. The molecule has 2 nitrogen and oxygen atoms in total. The Morgan fingerprint density at radius 3 is 2.29 bits per heavy atom. The molecule has 0 saturated carbocycles. The Kier molecular flexibility index (Phi) is 2.65. The van der Waals surface area contributed by atoms with Gasteiger partial charge in [0.1, 0.15) is 5.01 Å². The summed E-state index contributed by atoms with van der Waals surface area (Å²) in [5.74, 6) is 0. The normalized spacial score (nSPS) is 10.5. The molecule has 0 radical (unpaired) electrons. The van der Waals surface area contributed by atoms with Gasteiger partial charge in [0.25, 0.3) is 0 Å². The smallest absolute Gasteiger partial charge is 0.209 e. The minimum atomic E-state index is 0.664. The van der Waals surface area contributed by atoms with Crippen molar-refractivity contribution in [2.45, 2.75) is 13.8 Å². The topological polar surface area (TPSA) is 25.8 Å². The number of rotatable bonds is 1. The average Bonchev–Trinajstić information content (AvgIpc) is 2.50. The molecule has 4 heteroatoms. The summed E-state index contributed by atoms with van der Waals surface area (Å²) < 4.78 is 4.76. The standard InChI is InChI=1S/C10H9BrN2S/c1-6-3-7(2)5-8(4-6)9-12-10(11)13-14-9/h3-5H,1-2H3. The number of aromatic nitrogens is 2. The van der Waals surface area contributed by atoms with Crippen LogP contribution in [0.4, 0.5) is 0 Å². The summed E-state index contributed by atoms with van der Waals surface area (Å²) in [6, 6.07) is 6.40. The van der Waals surface area contributed by atoms with E-state index in [1.807, 2.05) is 0 Å². The zero-order chi connectivity index (χ0) is 10.1. The molecule has 0 N–H and O–H groups in total.